The van der Waals surface area contributed by atoms with Crippen LogP contribution in [0.2, 0.25) is 0 Å². The highest BCUT2D eigenvalue weighted by molar-refractivity contribution is 5.86. The van der Waals surface area contributed by atoms with Crippen molar-refractivity contribution in [2.75, 3.05) is 17.3 Å². The van der Waals surface area contributed by atoms with Crippen LogP contribution in [-0.4, -0.2) is 12.7 Å². The lowest BCUT2D eigenvalue weighted by Gasteiger charge is -2.15. The first-order valence-electron chi connectivity index (χ1n) is 4.22. The van der Waals surface area contributed by atoms with Gasteiger partial charge in [-0.2, -0.15) is 0 Å². The van der Waals surface area contributed by atoms with Gasteiger partial charge in [-0.3, -0.25) is 0 Å². The Hall–Kier alpha value is -1.75. The smallest absolute Gasteiger partial charge is 0.428 e. The van der Waals surface area contributed by atoms with E-state index in [1.807, 2.05) is 0 Å². The minimum atomic E-state index is -0.586. The van der Waals surface area contributed by atoms with Gasteiger partial charge >= 0.3 is 6.09 Å². The first kappa shape index (κ1) is 10.3. The van der Waals surface area contributed by atoms with Gasteiger partial charge in [0.15, 0.2) is 0 Å². The van der Waals surface area contributed by atoms with Crippen LogP contribution in [0.5, 0.6) is 0 Å². The highest BCUT2D eigenvalue weighted by Crippen LogP contribution is 2.13. The summed E-state index contributed by atoms with van der Waals surface area (Å²) >= 11 is 0. The van der Waals surface area contributed by atoms with E-state index in [4.69, 9.17) is 16.3 Å². The average Bonchev–Trinajstić information content (AvgIpc) is 2.18. The molecule has 5 heteroatoms. The van der Waals surface area contributed by atoms with E-state index in [-0.39, 0.29) is 0 Å². The van der Waals surface area contributed by atoms with Crippen molar-refractivity contribution in [2.45, 2.75) is 6.92 Å². The van der Waals surface area contributed by atoms with Crippen LogP contribution in [0.1, 0.15) is 6.92 Å². The largest absolute Gasteiger partial charge is 0.449 e. The molecule has 76 valence electrons. The summed E-state index contributed by atoms with van der Waals surface area (Å²) in [5, 5.41) is 0.933. The Morgan fingerprint density at radius 3 is 2.50 bits per heavy atom. The molecule has 0 bridgehead atoms. The highest BCUT2D eigenvalue weighted by Gasteiger charge is 2.11. The zero-order valence-corrected chi connectivity index (χ0v) is 7.93. The fourth-order valence-electron chi connectivity index (χ4n) is 0.933. The number of anilines is 2. The molecule has 4 N–H and O–H groups in total. The number of rotatable bonds is 2. The molecular weight excluding hydrogens is 182 g/mol. The van der Waals surface area contributed by atoms with Crippen molar-refractivity contribution in [2.24, 2.45) is 5.84 Å². The molecule has 0 aliphatic rings. The normalized spacial score (nSPS) is 9.57. The number of carbonyl (C=O) groups excluding carboxylic acids is 1. The Kier molecular flexibility index (Phi) is 3.30. The van der Waals surface area contributed by atoms with Gasteiger partial charge in [0.05, 0.1) is 12.3 Å². The number of benzene rings is 1. The van der Waals surface area contributed by atoms with E-state index in [2.05, 4.69) is 0 Å². The molecule has 14 heavy (non-hydrogen) atoms. The molecule has 0 aliphatic heterocycles. The summed E-state index contributed by atoms with van der Waals surface area (Å²) in [5.41, 5.74) is 6.64. The van der Waals surface area contributed by atoms with Crippen molar-refractivity contribution in [1.82, 2.24) is 0 Å². The van der Waals surface area contributed by atoms with Crippen LogP contribution in [0, 0.1) is 0 Å². The molecule has 1 rings (SSSR count). The van der Waals surface area contributed by atoms with Crippen molar-refractivity contribution < 1.29 is 9.53 Å². The second-order valence-corrected chi connectivity index (χ2v) is 2.66. The molecule has 0 unspecified atom stereocenters. The van der Waals surface area contributed by atoms with E-state index < -0.39 is 6.09 Å². The number of carbonyl (C=O) groups is 1. The van der Waals surface area contributed by atoms with Gasteiger partial charge in [-0.15, -0.1) is 0 Å². The van der Waals surface area contributed by atoms with E-state index in [0.717, 1.165) is 5.01 Å². The monoisotopic (exact) mass is 195 g/mol. The highest BCUT2D eigenvalue weighted by atomic mass is 16.6. The van der Waals surface area contributed by atoms with Crippen LogP contribution in [0.15, 0.2) is 24.3 Å². The molecule has 0 aromatic heterocycles. The number of amides is 1. The number of nitrogens with two attached hydrogens (primary N) is 2. The summed E-state index contributed by atoms with van der Waals surface area (Å²) in [5.74, 6) is 5.49. The van der Waals surface area contributed by atoms with Gasteiger partial charge in [0.2, 0.25) is 0 Å². The fourth-order valence-corrected chi connectivity index (χ4v) is 0.933. The second-order valence-electron chi connectivity index (χ2n) is 2.66. The maximum Gasteiger partial charge on any atom is 0.428 e. The summed E-state index contributed by atoms with van der Waals surface area (Å²) < 4.78 is 4.72. The quantitative estimate of drug-likeness (QED) is 0.320. The van der Waals surface area contributed by atoms with Gasteiger partial charge in [0.25, 0.3) is 0 Å². The second kappa shape index (κ2) is 4.48. The van der Waals surface area contributed by atoms with Gasteiger partial charge in [-0.1, -0.05) is 0 Å². The van der Waals surface area contributed by atoms with Gasteiger partial charge in [0.1, 0.15) is 0 Å². The van der Waals surface area contributed by atoms with Crippen LogP contribution in [0.4, 0.5) is 16.2 Å². The van der Waals surface area contributed by atoms with E-state index in [1.165, 1.54) is 0 Å². The molecule has 0 saturated carbocycles. The van der Waals surface area contributed by atoms with Crippen molar-refractivity contribution >= 4 is 17.5 Å². The Labute approximate surface area is 82.2 Å². The Balaban J connectivity index is 2.73. The maximum absolute atomic E-state index is 11.2. The van der Waals surface area contributed by atoms with E-state index in [1.54, 1.807) is 31.2 Å². The molecule has 0 fully saturated rings. The summed E-state index contributed by atoms with van der Waals surface area (Å²) in [6, 6.07) is 6.61. The molecule has 0 saturated heterocycles. The fraction of sp³-hybridized carbons (Fsp3) is 0.222. The molecule has 0 aliphatic carbocycles. The molecule has 1 aromatic carbocycles. The third kappa shape index (κ3) is 2.37. The summed E-state index contributed by atoms with van der Waals surface area (Å²) in [6.07, 6.45) is -0.586. The minimum absolute atomic E-state index is 0.293. The van der Waals surface area contributed by atoms with E-state index >= 15 is 0 Å². The summed E-state index contributed by atoms with van der Waals surface area (Å²) in [4.78, 5) is 11.2. The van der Waals surface area contributed by atoms with Gasteiger partial charge in [0, 0.05) is 5.69 Å². The predicted octanol–water partition coefficient (Wildman–Crippen LogP) is 1.11. The number of hydrogen-bond acceptors (Lipinski definition) is 4. The summed E-state index contributed by atoms with van der Waals surface area (Å²) in [6.45, 7) is 2.01. The topological polar surface area (TPSA) is 81.6 Å². The van der Waals surface area contributed by atoms with Crippen LogP contribution in [0.3, 0.4) is 0 Å². The lowest BCUT2D eigenvalue weighted by molar-refractivity contribution is 0.160. The number of hydrazine groups is 1. The zero-order chi connectivity index (χ0) is 10.6. The molecule has 0 radical (unpaired) electrons. The number of hydrogen-bond donors (Lipinski definition) is 2. The lowest BCUT2D eigenvalue weighted by Crippen LogP contribution is -2.37. The minimum Gasteiger partial charge on any atom is -0.449 e. The van der Waals surface area contributed by atoms with Crippen LogP contribution in [0.25, 0.3) is 0 Å². The Morgan fingerprint density at radius 2 is 2.00 bits per heavy atom. The summed E-state index contributed by atoms with van der Waals surface area (Å²) in [7, 11) is 0. The molecule has 1 aromatic rings. The average molecular weight is 195 g/mol. The third-order valence-electron chi connectivity index (χ3n) is 1.64. The number of nitrogen functional groups attached to an aromatic ring is 1. The molecule has 0 atom stereocenters. The van der Waals surface area contributed by atoms with Crippen molar-refractivity contribution in [1.29, 1.82) is 0 Å². The Bertz CT molecular complexity index is 310. The van der Waals surface area contributed by atoms with Crippen molar-refractivity contribution in [3.05, 3.63) is 24.3 Å². The molecule has 0 spiro atoms. The first-order valence-corrected chi connectivity index (χ1v) is 4.22. The first-order chi connectivity index (χ1) is 6.65. The standard InChI is InChI=1S/C9H13N3O2/c1-2-14-9(13)12(11)8-5-3-7(10)4-6-8/h3-6H,2,10-11H2,1H3. The van der Waals surface area contributed by atoms with Gasteiger partial charge in [-0.25, -0.2) is 15.6 Å². The van der Waals surface area contributed by atoms with Crippen LogP contribution >= 0.6 is 0 Å². The third-order valence-corrected chi connectivity index (χ3v) is 1.64. The van der Waals surface area contributed by atoms with E-state index in [0.29, 0.717) is 18.0 Å². The lowest BCUT2D eigenvalue weighted by atomic mass is 10.3. The number of ether oxygens (including phenoxy) is 1. The van der Waals surface area contributed by atoms with Gasteiger partial charge in [-0.05, 0) is 31.2 Å². The molecule has 5 nitrogen and oxygen atoms in total. The molecule has 0 heterocycles. The zero-order valence-electron chi connectivity index (χ0n) is 7.93. The molecule has 1 amide bonds. The van der Waals surface area contributed by atoms with Gasteiger partial charge < -0.3 is 10.5 Å². The SMILES string of the molecule is CCOC(=O)N(N)c1ccc(N)cc1. The van der Waals surface area contributed by atoms with Crippen LogP contribution in [-0.2, 0) is 4.74 Å². The number of nitrogens with zero attached hydrogens (tertiary/aromatic N) is 1. The van der Waals surface area contributed by atoms with E-state index in [9.17, 15) is 4.79 Å². The molecular formula is C9H13N3O2. The van der Waals surface area contributed by atoms with Crippen molar-refractivity contribution in [3.63, 3.8) is 0 Å². The predicted molar refractivity (Wildman–Crippen MR) is 54.5 cm³/mol. The van der Waals surface area contributed by atoms with Crippen LogP contribution < -0.4 is 16.6 Å². The van der Waals surface area contributed by atoms with Crippen molar-refractivity contribution in [3.8, 4) is 0 Å². The Morgan fingerprint density at radius 1 is 1.43 bits per heavy atom. The maximum atomic E-state index is 11.2.